The third-order valence-electron chi connectivity index (χ3n) is 3.34. The largest absolute Gasteiger partial charge is 0.294 e. The van der Waals surface area contributed by atoms with E-state index in [2.05, 4.69) is 62.2 Å². The Balaban J connectivity index is 1.73. The molecule has 0 unspecified atom stereocenters. The van der Waals surface area contributed by atoms with Gasteiger partial charge in [-0.15, -0.1) is 0 Å². The molecule has 0 fully saturated rings. The maximum atomic E-state index is 4.55. The minimum Gasteiger partial charge on any atom is -0.294 e. The molecule has 3 heteroatoms. The third kappa shape index (κ3) is 2.62. The van der Waals surface area contributed by atoms with E-state index in [4.69, 9.17) is 0 Å². The highest BCUT2D eigenvalue weighted by atomic mass is 79.9. The van der Waals surface area contributed by atoms with Crippen LogP contribution in [0.25, 0.3) is 0 Å². The molecule has 2 aromatic rings. The summed E-state index contributed by atoms with van der Waals surface area (Å²) in [4.78, 5) is 7.02. The summed E-state index contributed by atoms with van der Waals surface area (Å²) in [6.45, 7) is 3.12. The molecule has 1 aromatic carbocycles. The summed E-state index contributed by atoms with van der Waals surface area (Å²) < 4.78 is 0.942. The van der Waals surface area contributed by atoms with E-state index in [0.29, 0.717) is 0 Å². The minimum absolute atomic E-state index is 0.942. The van der Waals surface area contributed by atoms with Gasteiger partial charge >= 0.3 is 0 Å². The van der Waals surface area contributed by atoms with Gasteiger partial charge in [0.15, 0.2) is 0 Å². The zero-order valence-corrected chi connectivity index (χ0v) is 11.7. The first-order valence-corrected chi connectivity index (χ1v) is 7.01. The fraction of sp³-hybridized carbons (Fsp3) is 0.267. The van der Waals surface area contributed by atoms with Gasteiger partial charge in [-0.3, -0.25) is 4.90 Å². The topological polar surface area (TPSA) is 16.1 Å². The molecular weight excluding hydrogens is 288 g/mol. The molecular formula is C15H15BrN2. The van der Waals surface area contributed by atoms with E-state index in [9.17, 15) is 0 Å². The van der Waals surface area contributed by atoms with Crippen LogP contribution in [-0.2, 0) is 19.5 Å². The lowest BCUT2D eigenvalue weighted by molar-refractivity contribution is 0.243. The lowest BCUT2D eigenvalue weighted by Crippen LogP contribution is -2.30. The van der Waals surface area contributed by atoms with Gasteiger partial charge in [-0.05, 0) is 33.1 Å². The molecule has 1 aromatic heterocycles. The number of halogens is 1. The number of aromatic nitrogens is 1. The summed E-state index contributed by atoms with van der Waals surface area (Å²) in [5, 5.41) is 0. The van der Waals surface area contributed by atoms with Gasteiger partial charge in [-0.2, -0.15) is 0 Å². The van der Waals surface area contributed by atoms with Crippen LogP contribution in [0.4, 0.5) is 0 Å². The number of hydrogen-bond acceptors (Lipinski definition) is 2. The molecule has 0 radical (unpaired) electrons. The van der Waals surface area contributed by atoms with Crippen molar-refractivity contribution in [1.82, 2.24) is 9.88 Å². The normalized spacial score (nSPS) is 15.4. The van der Waals surface area contributed by atoms with E-state index >= 15 is 0 Å². The van der Waals surface area contributed by atoms with Crippen LogP contribution in [0.3, 0.4) is 0 Å². The van der Waals surface area contributed by atoms with E-state index in [1.807, 2.05) is 6.07 Å². The molecule has 18 heavy (non-hydrogen) atoms. The van der Waals surface area contributed by atoms with E-state index in [1.165, 1.54) is 16.8 Å². The SMILES string of the molecule is Brc1ccc2c(n1)CCN(Cc1ccccc1)C2. The lowest BCUT2D eigenvalue weighted by Gasteiger charge is -2.28. The van der Waals surface area contributed by atoms with Crippen molar-refractivity contribution in [2.75, 3.05) is 6.54 Å². The van der Waals surface area contributed by atoms with Crippen LogP contribution in [0.5, 0.6) is 0 Å². The molecule has 3 rings (SSSR count). The molecule has 92 valence electrons. The van der Waals surface area contributed by atoms with E-state index in [-0.39, 0.29) is 0 Å². The Morgan fingerprint density at radius 2 is 1.94 bits per heavy atom. The Morgan fingerprint density at radius 1 is 1.11 bits per heavy atom. The predicted octanol–water partition coefficient (Wildman–Crippen LogP) is 3.40. The molecule has 0 spiro atoms. The van der Waals surface area contributed by atoms with Gasteiger partial charge in [0.1, 0.15) is 4.60 Å². The van der Waals surface area contributed by atoms with Crippen LogP contribution in [0.1, 0.15) is 16.8 Å². The highest BCUT2D eigenvalue weighted by Gasteiger charge is 2.17. The van der Waals surface area contributed by atoms with Gasteiger partial charge in [0.25, 0.3) is 0 Å². The maximum Gasteiger partial charge on any atom is 0.106 e. The first-order chi connectivity index (χ1) is 8.81. The average Bonchev–Trinajstić information content (AvgIpc) is 2.40. The van der Waals surface area contributed by atoms with Crippen molar-refractivity contribution >= 4 is 15.9 Å². The van der Waals surface area contributed by atoms with Crippen molar-refractivity contribution in [3.8, 4) is 0 Å². The Labute approximate surface area is 116 Å². The third-order valence-corrected chi connectivity index (χ3v) is 3.78. The van der Waals surface area contributed by atoms with Crippen molar-refractivity contribution in [3.63, 3.8) is 0 Å². The van der Waals surface area contributed by atoms with Gasteiger partial charge in [0, 0.05) is 31.7 Å². The molecule has 1 aliphatic rings. The molecule has 0 saturated carbocycles. The summed E-state index contributed by atoms with van der Waals surface area (Å²) in [6, 6.07) is 14.9. The van der Waals surface area contributed by atoms with Crippen molar-refractivity contribution < 1.29 is 0 Å². The standard InChI is InChI=1S/C15H15BrN2/c16-15-7-6-13-11-18(9-8-14(13)17-15)10-12-4-2-1-3-5-12/h1-7H,8-11H2. The number of hydrogen-bond donors (Lipinski definition) is 0. The number of benzene rings is 1. The van der Waals surface area contributed by atoms with E-state index in [0.717, 1.165) is 30.7 Å². The molecule has 0 N–H and O–H groups in total. The fourth-order valence-corrected chi connectivity index (χ4v) is 2.77. The van der Waals surface area contributed by atoms with Crippen LogP contribution in [-0.4, -0.2) is 16.4 Å². The Bertz CT molecular complexity index is 539. The van der Waals surface area contributed by atoms with Crippen LogP contribution >= 0.6 is 15.9 Å². The molecule has 0 saturated heterocycles. The second kappa shape index (κ2) is 5.21. The minimum atomic E-state index is 0.942. The molecule has 0 aliphatic carbocycles. The first-order valence-electron chi connectivity index (χ1n) is 6.22. The second-order valence-electron chi connectivity index (χ2n) is 4.69. The van der Waals surface area contributed by atoms with Gasteiger partial charge in [-0.1, -0.05) is 36.4 Å². The summed E-state index contributed by atoms with van der Waals surface area (Å²) in [6.07, 6.45) is 1.04. The molecule has 1 aliphatic heterocycles. The molecule has 2 nitrogen and oxygen atoms in total. The van der Waals surface area contributed by atoms with Crippen LogP contribution in [0, 0.1) is 0 Å². The maximum absolute atomic E-state index is 4.55. The Morgan fingerprint density at radius 3 is 2.78 bits per heavy atom. The quantitative estimate of drug-likeness (QED) is 0.791. The van der Waals surface area contributed by atoms with Gasteiger partial charge in [0.05, 0.1) is 0 Å². The van der Waals surface area contributed by atoms with Gasteiger partial charge in [-0.25, -0.2) is 4.98 Å². The summed E-state index contributed by atoms with van der Waals surface area (Å²) in [5.41, 5.74) is 3.99. The summed E-state index contributed by atoms with van der Waals surface area (Å²) in [7, 11) is 0. The highest BCUT2D eigenvalue weighted by Crippen LogP contribution is 2.21. The average molecular weight is 303 g/mol. The molecule has 2 heterocycles. The highest BCUT2D eigenvalue weighted by molar-refractivity contribution is 9.10. The van der Waals surface area contributed by atoms with Gasteiger partial charge < -0.3 is 0 Å². The van der Waals surface area contributed by atoms with Crippen molar-refractivity contribution in [2.24, 2.45) is 0 Å². The van der Waals surface area contributed by atoms with E-state index < -0.39 is 0 Å². The Kier molecular flexibility index (Phi) is 3.43. The first kappa shape index (κ1) is 11.9. The van der Waals surface area contributed by atoms with Crippen molar-refractivity contribution in [2.45, 2.75) is 19.5 Å². The van der Waals surface area contributed by atoms with Gasteiger partial charge in [0.2, 0.25) is 0 Å². The number of nitrogens with zero attached hydrogens (tertiary/aromatic N) is 2. The second-order valence-corrected chi connectivity index (χ2v) is 5.50. The predicted molar refractivity (Wildman–Crippen MR) is 76.2 cm³/mol. The lowest BCUT2D eigenvalue weighted by atomic mass is 10.1. The van der Waals surface area contributed by atoms with Crippen molar-refractivity contribution in [3.05, 3.63) is 63.9 Å². The summed E-state index contributed by atoms with van der Waals surface area (Å²) in [5.74, 6) is 0. The summed E-state index contributed by atoms with van der Waals surface area (Å²) >= 11 is 3.43. The number of rotatable bonds is 2. The zero-order chi connectivity index (χ0) is 12.4. The van der Waals surface area contributed by atoms with Crippen molar-refractivity contribution in [1.29, 1.82) is 0 Å². The molecule has 0 atom stereocenters. The van der Waals surface area contributed by atoms with Crippen LogP contribution in [0.15, 0.2) is 47.1 Å². The molecule has 0 bridgehead atoms. The van der Waals surface area contributed by atoms with Crippen LogP contribution < -0.4 is 0 Å². The smallest absolute Gasteiger partial charge is 0.106 e. The monoisotopic (exact) mass is 302 g/mol. The zero-order valence-electron chi connectivity index (χ0n) is 10.1. The fourth-order valence-electron chi connectivity index (χ4n) is 2.42. The van der Waals surface area contributed by atoms with Crippen LogP contribution in [0.2, 0.25) is 0 Å². The van der Waals surface area contributed by atoms with E-state index in [1.54, 1.807) is 0 Å². The Hall–Kier alpha value is -1.19. The number of fused-ring (bicyclic) bond motifs is 1. The number of pyridine rings is 1. The molecule has 0 amide bonds.